The topological polar surface area (TPSA) is 126 Å². The molecule has 2 aromatic rings. The summed E-state index contributed by atoms with van der Waals surface area (Å²) in [7, 11) is 0. The van der Waals surface area contributed by atoms with Crippen molar-refractivity contribution in [2.75, 3.05) is 0 Å². The Morgan fingerprint density at radius 2 is 1.91 bits per heavy atom. The van der Waals surface area contributed by atoms with Crippen LogP contribution in [0.1, 0.15) is 26.5 Å². The van der Waals surface area contributed by atoms with Gasteiger partial charge in [-0.05, 0) is 24.3 Å². The van der Waals surface area contributed by atoms with Crippen LogP contribution in [0.25, 0.3) is 17.4 Å². The molecule has 7 heteroatoms. The van der Waals surface area contributed by atoms with E-state index in [2.05, 4.69) is 5.32 Å². The highest BCUT2D eigenvalue weighted by Gasteiger charge is 2.27. The van der Waals surface area contributed by atoms with Crippen molar-refractivity contribution >= 4 is 23.8 Å². The van der Waals surface area contributed by atoms with Crippen molar-refractivity contribution in [1.29, 1.82) is 5.26 Å². The fourth-order valence-corrected chi connectivity index (χ4v) is 2.21. The van der Waals surface area contributed by atoms with Crippen LogP contribution < -0.4 is 11.1 Å². The zero-order chi connectivity index (χ0) is 16.6. The summed E-state index contributed by atoms with van der Waals surface area (Å²) < 4.78 is 5.52. The second-order valence-corrected chi connectivity index (χ2v) is 4.78. The van der Waals surface area contributed by atoms with E-state index in [1.165, 1.54) is 12.1 Å². The minimum absolute atomic E-state index is 0.232. The summed E-state index contributed by atoms with van der Waals surface area (Å²) in [5.41, 5.74) is 6.00. The summed E-state index contributed by atoms with van der Waals surface area (Å²) in [5, 5.41) is 11.0. The molecule has 0 aliphatic carbocycles. The van der Waals surface area contributed by atoms with Gasteiger partial charge in [0.2, 0.25) is 0 Å². The number of fused-ring (bicyclic) bond motifs is 1. The van der Waals surface area contributed by atoms with Gasteiger partial charge in [-0.1, -0.05) is 6.07 Å². The van der Waals surface area contributed by atoms with Gasteiger partial charge < -0.3 is 10.2 Å². The maximum atomic E-state index is 11.7. The molecule has 0 atom stereocenters. The number of carbonyl (C=O) groups excluding carboxylic acids is 3. The Morgan fingerprint density at radius 1 is 1.17 bits per heavy atom. The van der Waals surface area contributed by atoms with Crippen molar-refractivity contribution in [3.63, 3.8) is 0 Å². The number of carbonyl (C=O) groups is 3. The van der Waals surface area contributed by atoms with Crippen LogP contribution >= 0.6 is 0 Å². The SMILES string of the molecule is N#C/C(=C\c1ccc(-c2ccc3c(c2)C(=O)NC3=O)o1)C(N)=O. The molecule has 1 aliphatic rings. The number of hydrogen-bond acceptors (Lipinski definition) is 5. The first-order chi connectivity index (χ1) is 11.0. The molecule has 2 heterocycles. The third-order valence-electron chi connectivity index (χ3n) is 3.32. The molecule has 3 rings (SSSR count). The van der Waals surface area contributed by atoms with E-state index in [0.717, 1.165) is 0 Å². The minimum Gasteiger partial charge on any atom is -0.457 e. The molecular formula is C16H9N3O4. The van der Waals surface area contributed by atoms with E-state index in [4.69, 9.17) is 15.4 Å². The number of benzene rings is 1. The van der Waals surface area contributed by atoms with Crippen molar-refractivity contribution in [2.45, 2.75) is 0 Å². The molecule has 1 aromatic heterocycles. The highest BCUT2D eigenvalue weighted by molar-refractivity contribution is 6.21. The van der Waals surface area contributed by atoms with Gasteiger partial charge >= 0.3 is 0 Å². The van der Waals surface area contributed by atoms with E-state index in [9.17, 15) is 14.4 Å². The summed E-state index contributed by atoms with van der Waals surface area (Å²) in [6.07, 6.45) is 1.23. The maximum absolute atomic E-state index is 11.7. The monoisotopic (exact) mass is 307 g/mol. The van der Waals surface area contributed by atoms with Crippen LogP contribution in [0.5, 0.6) is 0 Å². The number of hydrogen-bond donors (Lipinski definition) is 2. The Morgan fingerprint density at radius 3 is 2.61 bits per heavy atom. The number of amides is 3. The molecular weight excluding hydrogens is 298 g/mol. The van der Waals surface area contributed by atoms with Gasteiger partial charge in [-0.2, -0.15) is 5.26 Å². The smallest absolute Gasteiger partial charge is 0.259 e. The lowest BCUT2D eigenvalue weighted by Gasteiger charge is -1.99. The average molecular weight is 307 g/mol. The van der Waals surface area contributed by atoms with Crippen molar-refractivity contribution < 1.29 is 18.8 Å². The summed E-state index contributed by atoms with van der Waals surface area (Å²) in [6.45, 7) is 0. The van der Waals surface area contributed by atoms with Gasteiger partial charge in [0.25, 0.3) is 17.7 Å². The first kappa shape index (κ1) is 14.3. The average Bonchev–Trinajstić information content (AvgIpc) is 3.10. The second-order valence-electron chi connectivity index (χ2n) is 4.78. The van der Waals surface area contributed by atoms with Crippen LogP contribution in [-0.2, 0) is 4.79 Å². The normalized spacial score (nSPS) is 13.4. The Labute approximate surface area is 130 Å². The van der Waals surface area contributed by atoms with Crippen molar-refractivity contribution in [3.8, 4) is 17.4 Å². The third kappa shape index (κ3) is 2.49. The van der Waals surface area contributed by atoms with Crippen LogP contribution in [0.4, 0.5) is 0 Å². The Hall–Kier alpha value is -3.66. The number of furan rings is 1. The number of nitrogens with two attached hydrogens (primary N) is 1. The van der Waals surface area contributed by atoms with Crippen LogP contribution in [0.3, 0.4) is 0 Å². The molecule has 1 aromatic carbocycles. The molecule has 1 aliphatic heterocycles. The predicted molar refractivity (Wildman–Crippen MR) is 78.7 cm³/mol. The van der Waals surface area contributed by atoms with Gasteiger partial charge in [0, 0.05) is 11.6 Å². The molecule has 3 amide bonds. The molecule has 0 radical (unpaired) electrons. The van der Waals surface area contributed by atoms with E-state index in [-0.39, 0.29) is 16.9 Å². The zero-order valence-electron chi connectivity index (χ0n) is 11.6. The van der Waals surface area contributed by atoms with Gasteiger partial charge in [0.15, 0.2) is 0 Å². The van der Waals surface area contributed by atoms with E-state index in [1.54, 1.807) is 30.3 Å². The minimum atomic E-state index is -0.849. The van der Waals surface area contributed by atoms with Gasteiger partial charge in [-0.25, -0.2) is 0 Å². The molecule has 7 nitrogen and oxygen atoms in total. The van der Waals surface area contributed by atoms with Gasteiger partial charge in [0.1, 0.15) is 23.2 Å². The number of nitrogens with one attached hydrogen (secondary N) is 1. The molecule has 0 spiro atoms. The van der Waals surface area contributed by atoms with E-state index < -0.39 is 17.7 Å². The first-order valence-electron chi connectivity index (χ1n) is 6.51. The van der Waals surface area contributed by atoms with Crippen LogP contribution in [0.15, 0.2) is 40.3 Å². The first-order valence-corrected chi connectivity index (χ1v) is 6.51. The molecule has 3 N–H and O–H groups in total. The number of imide groups is 1. The molecule has 0 unspecified atom stereocenters. The molecule has 0 saturated carbocycles. The Kier molecular flexibility index (Phi) is 3.27. The third-order valence-corrected chi connectivity index (χ3v) is 3.32. The lowest BCUT2D eigenvalue weighted by atomic mass is 10.0. The highest BCUT2D eigenvalue weighted by atomic mass is 16.3. The lowest BCUT2D eigenvalue weighted by Crippen LogP contribution is -2.19. The Bertz CT molecular complexity index is 931. The maximum Gasteiger partial charge on any atom is 0.259 e. The standard InChI is InChI=1S/C16H9N3O4/c17-7-9(14(18)20)5-10-2-4-13(23-10)8-1-3-11-12(6-8)16(22)19-15(11)21/h1-6H,(H2,18,20)(H,19,21,22)/b9-5+. The number of nitriles is 1. The number of primary amides is 1. The molecule has 112 valence electrons. The molecule has 23 heavy (non-hydrogen) atoms. The molecule has 0 saturated heterocycles. The largest absolute Gasteiger partial charge is 0.457 e. The van der Waals surface area contributed by atoms with Crippen LogP contribution in [0, 0.1) is 11.3 Å². The summed E-state index contributed by atoms with van der Waals surface area (Å²) in [4.78, 5) is 34.2. The number of rotatable bonds is 3. The van der Waals surface area contributed by atoms with Gasteiger partial charge in [-0.3, -0.25) is 19.7 Å². The fourth-order valence-electron chi connectivity index (χ4n) is 2.21. The molecule has 0 bridgehead atoms. The fraction of sp³-hybridized carbons (Fsp3) is 0. The highest BCUT2D eigenvalue weighted by Crippen LogP contribution is 2.27. The van der Waals surface area contributed by atoms with Gasteiger partial charge in [0.05, 0.1) is 11.1 Å². The second kappa shape index (κ2) is 5.27. The Balaban J connectivity index is 1.98. The summed E-state index contributed by atoms with van der Waals surface area (Å²) in [5.74, 6) is -1.04. The van der Waals surface area contributed by atoms with Crippen molar-refractivity contribution in [2.24, 2.45) is 5.73 Å². The van der Waals surface area contributed by atoms with Crippen molar-refractivity contribution in [3.05, 3.63) is 52.8 Å². The summed E-state index contributed by atoms with van der Waals surface area (Å²) >= 11 is 0. The summed E-state index contributed by atoms with van der Waals surface area (Å²) in [6, 6.07) is 9.59. The zero-order valence-corrected chi connectivity index (χ0v) is 11.6. The van der Waals surface area contributed by atoms with Crippen molar-refractivity contribution in [1.82, 2.24) is 5.32 Å². The van der Waals surface area contributed by atoms with Gasteiger partial charge in [-0.15, -0.1) is 0 Å². The molecule has 0 fully saturated rings. The van der Waals surface area contributed by atoms with E-state index >= 15 is 0 Å². The van der Waals surface area contributed by atoms with Crippen LogP contribution in [-0.4, -0.2) is 17.7 Å². The van der Waals surface area contributed by atoms with E-state index in [1.807, 2.05) is 0 Å². The predicted octanol–water partition coefficient (Wildman–Crippen LogP) is 1.22. The quantitative estimate of drug-likeness (QED) is 0.501. The van der Waals surface area contributed by atoms with Crippen LogP contribution in [0.2, 0.25) is 0 Å². The van der Waals surface area contributed by atoms with E-state index in [0.29, 0.717) is 16.9 Å². The number of nitrogens with zero attached hydrogens (tertiary/aromatic N) is 1. The lowest BCUT2D eigenvalue weighted by molar-refractivity contribution is -0.114.